The lowest BCUT2D eigenvalue weighted by Crippen LogP contribution is -1.90. The van der Waals surface area contributed by atoms with Crippen molar-refractivity contribution in [3.8, 4) is 22.4 Å². The van der Waals surface area contributed by atoms with E-state index in [1.54, 1.807) is 18.6 Å². The van der Waals surface area contributed by atoms with Gasteiger partial charge in [-0.1, -0.05) is 6.07 Å². The summed E-state index contributed by atoms with van der Waals surface area (Å²) in [5.74, 6) is 0. The van der Waals surface area contributed by atoms with Crippen LogP contribution >= 0.6 is 0 Å². The first-order valence-corrected chi connectivity index (χ1v) is 8.27. The normalized spacial score (nSPS) is 11.3. The van der Waals surface area contributed by atoms with Gasteiger partial charge in [0.1, 0.15) is 5.52 Å². The van der Waals surface area contributed by atoms with Crippen LogP contribution in [0.3, 0.4) is 0 Å². The van der Waals surface area contributed by atoms with Crippen LogP contribution in [0.25, 0.3) is 44.5 Å². The highest BCUT2D eigenvalue weighted by Gasteiger charge is 2.10. The van der Waals surface area contributed by atoms with Crippen molar-refractivity contribution in [1.82, 2.24) is 30.1 Å². The molecule has 0 fully saturated rings. The van der Waals surface area contributed by atoms with Gasteiger partial charge in [-0.3, -0.25) is 15.1 Å². The van der Waals surface area contributed by atoms with E-state index in [2.05, 4.69) is 31.2 Å². The largest absolute Gasteiger partial charge is 0.278 e. The molecular formula is C20H14N6. The van der Waals surface area contributed by atoms with E-state index in [1.165, 1.54) is 0 Å². The lowest BCUT2D eigenvalue weighted by Gasteiger charge is -2.08. The molecule has 6 heteroatoms. The van der Waals surface area contributed by atoms with Crippen LogP contribution in [0.15, 0.2) is 61.2 Å². The van der Waals surface area contributed by atoms with Gasteiger partial charge >= 0.3 is 0 Å². The Morgan fingerprint density at radius 1 is 0.885 bits per heavy atom. The average Bonchev–Trinajstić information content (AvgIpc) is 3.08. The number of pyridine rings is 2. The first-order valence-electron chi connectivity index (χ1n) is 8.27. The highest BCUT2D eigenvalue weighted by molar-refractivity contribution is 5.96. The molecule has 0 radical (unpaired) electrons. The van der Waals surface area contributed by atoms with E-state index in [9.17, 15) is 0 Å². The first kappa shape index (κ1) is 14.7. The molecule has 0 atom stereocenters. The summed E-state index contributed by atoms with van der Waals surface area (Å²) in [6.07, 6.45) is 7.18. The summed E-state index contributed by atoms with van der Waals surface area (Å²) < 4.78 is 0. The van der Waals surface area contributed by atoms with Crippen molar-refractivity contribution in [1.29, 1.82) is 0 Å². The predicted molar refractivity (Wildman–Crippen MR) is 100 cm³/mol. The number of nitrogens with zero attached hydrogens (tertiary/aromatic N) is 5. The van der Waals surface area contributed by atoms with E-state index in [4.69, 9.17) is 4.98 Å². The number of rotatable bonds is 2. The summed E-state index contributed by atoms with van der Waals surface area (Å²) in [5, 5.41) is 8.14. The third-order valence-corrected chi connectivity index (χ3v) is 4.47. The highest BCUT2D eigenvalue weighted by Crippen LogP contribution is 2.30. The zero-order valence-electron chi connectivity index (χ0n) is 14.0. The molecule has 6 nitrogen and oxygen atoms in total. The summed E-state index contributed by atoms with van der Waals surface area (Å²) in [5.41, 5.74) is 7.31. The number of hydrogen-bond donors (Lipinski definition) is 1. The number of fused-ring (bicyclic) bond motifs is 2. The lowest BCUT2D eigenvalue weighted by atomic mass is 10.00. The van der Waals surface area contributed by atoms with Crippen molar-refractivity contribution in [2.45, 2.75) is 6.92 Å². The molecule has 4 aromatic heterocycles. The van der Waals surface area contributed by atoms with Crippen molar-refractivity contribution in [3.63, 3.8) is 0 Å². The predicted octanol–water partition coefficient (Wildman–Crippen LogP) is 3.94. The van der Waals surface area contributed by atoms with E-state index in [1.807, 2.05) is 43.5 Å². The quantitative estimate of drug-likeness (QED) is 0.527. The van der Waals surface area contributed by atoms with Gasteiger partial charge in [0.2, 0.25) is 0 Å². The molecule has 1 aromatic carbocycles. The van der Waals surface area contributed by atoms with E-state index in [0.717, 1.165) is 44.5 Å². The number of hydrogen-bond acceptors (Lipinski definition) is 5. The zero-order chi connectivity index (χ0) is 17.5. The molecule has 0 bridgehead atoms. The Kier molecular flexibility index (Phi) is 3.21. The number of benzene rings is 1. The lowest BCUT2D eigenvalue weighted by molar-refractivity contribution is 1.05. The van der Waals surface area contributed by atoms with Crippen LogP contribution in [0.1, 0.15) is 5.69 Å². The third kappa shape index (κ3) is 2.31. The molecule has 26 heavy (non-hydrogen) atoms. The molecule has 5 aromatic rings. The Balaban J connectivity index is 1.72. The van der Waals surface area contributed by atoms with E-state index < -0.39 is 0 Å². The fourth-order valence-electron chi connectivity index (χ4n) is 3.13. The Labute approximate surface area is 149 Å². The molecule has 0 saturated heterocycles. The zero-order valence-corrected chi connectivity index (χ0v) is 14.0. The minimum atomic E-state index is 0.631. The number of aromatic amines is 1. The van der Waals surface area contributed by atoms with Crippen LogP contribution in [0.2, 0.25) is 0 Å². The Morgan fingerprint density at radius 2 is 1.77 bits per heavy atom. The number of nitrogens with one attached hydrogen (secondary N) is 1. The molecule has 1 N–H and O–H groups in total. The average molecular weight is 338 g/mol. The molecule has 0 unspecified atom stereocenters. The standard InChI is InChI=1S/C20H14N6/c1-12-19-20(26-25-12)23-11-18(24-19)14-2-3-17-16(10-14)15(6-9-22-17)13-4-7-21-8-5-13/h2-11H,1H3,(H,23,25,26). The monoisotopic (exact) mass is 338 g/mol. The van der Waals surface area contributed by atoms with Crippen molar-refractivity contribution in [3.05, 3.63) is 66.9 Å². The van der Waals surface area contributed by atoms with Gasteiger partial charge < -0.3 is 0 Å². The van der Waals surface area contributed by atoms with Crippen molar-refractivity contribution in [2.75, 3.05) is 0 Å². The minimum absolute atomic E-state index is 0.631. The third-order valence-electron chi connectivity index (χ3n) is 4.47. The second-order valence-electron chi connectivity index (χ2n) is 6.10. The van der Waals surface area contributed by atoms with E-state index in [0.29, 0.717) is 5.65 Å². The maximum atomic E-state index is 4.73. The maximum Gasteiger partial charge on any atom is 0.199 e. The Bertz CT molecular complexity index is 1240. The second-order valence-corrected chi connectivity index (χ2v) is 6.10. The van der Waals surface area contributed by atoms with Crippen LogP contribution < -0.4 is 0 Å². The number of aryl methyl sites for hydroxylation is 1. The van der Waals surface area contributed by atoms with Gasteiger partial charge in [-0.15, -0.1) is 0 Å². The molecule has 124 valence electrons. The fourth-order valence-corrected chi connectivity index (χ4v) is 3.13. The summed E-state index contributed by atoms with van der Waals surface area (Å²) in [7, 11) is 0. The van der Waals surface area contributed by atoms with Crippen LogP contribution in [0.5, 0.6) is 0 Å². The Hall–Kier alpha value is -3.67. The molecule has 0 spiro atoms. The number of H-pyrrole nitrogens is 1. The summed E-state index contributed by atoms with van der Waals surface area (Å²) in [6.45, 7) is 1.94. The van der Waals surface area contributed by atoms with E-state index in [-0.39, 0.29) is 0 Å². The van der Waals surface area contributed by atoms with Crippen molar-refractivity contribution < 1.29 is 0 Å². The van der Waals surface area contributed by atoms with Gasteiger partial charge in [0.05, 0.1) is 23.1 Å². The molecule has 0 saturated carbocycles. The van der Waals surface area contributed by atoms with Gasteiger partial charge in [0.25, 0.3) is 0 Å². The fraction of sp³-hybridized carbons (Fsp3) is 0.0500. The smallest absolute Gasteiger partial charge is 0.199 e. The number of aromatic nitrogens is 6. The van der Waals surface area contributed by atoms with E-state index >= 15 is 0 Å². The molecule has 4 heterocycles. The molecular weight excluding hydrogens is 324 g/mol. The molecule has 0 aliphatic carbocycles. The first-order chi connectivity index (χ1) is 12.8. The van der Waals surface area contributed by atoms with Gasteiger partial charge in [0.15, 0.2) is 5.65 Å². The van der Waals surface area contributed by atoms with Gasteiger partial charge in [0, 0.05) is 29.5 Å². The summed E-state index contributed by atoms with van der Waals surface area (Å²) in [6, 6.07) is 12.2. The maximum absolute atomic E-state index is 4.73. The van der Waals surface area contributed by atoms with Crippen LogP contribution in [-0.2, 0) is 0 Å². The minimum Gasteiger partial charge on any atom is -0.278 e. The van der Waals surface area contributed by atoms with Crippen LogP contribution in [-0.4, -0.2) is 30.1 Å². The molecule has 5 rings (SSSR count). The molecule has 0 aliphatic heterocycles. The highest BCUT2D eigenvalue weighted by atomic mass is 15.2. The van der Waals surface area contributed by atoms with Gasteiger partial charge in [-0.25, -0.2) is 9.97 Å². The van der Waals surface area contributed by atoms with Crippen molar-refractivity contribution in [2.24, 2.45) is 0 Å². The summed E-state index contributed by atoms with van der Waals surface area (Å²) >= 11 is 0. The SMILES string of the molecule is Cc1[nH]nc2ncc(-c3ccc4nccc(-c5ccncc5)c4c3)nc12. The second kappa shape index (κ2) is 5.70. The topological polar surface area (TPSA) is 80.2 Å². The van der Waals surface area contributed by atoms with Gasteiger partial charge in [-0.2, -0.15) is 5.10 Å². The Morgan fingerprint density at radius 3 is 2.65 bits per heavy atom. The molecule has 0 amide bonds. The van der Waals surface area contributed by atoms with Gasteiger partial charge in [-0.05, 0) is 48.4 Å². The molecule has 0 aliphatic rings. The van der Waals surface area contributed by atoms with Crippen molar-refractivity contribution >= 4 is 22.1 Å². The van der Waals surface area contributed by atoms with Crippen LogP contribution in [0, 0.1) is 6.92 Å². The van der Waals surface area contributed by atoms with Crippen LogP contribution in [0.4, 0.5) is 0 Å². The summed E-state index contributed by atoms with van der Waals surface area (Å²) in [4.78, 5) is 17.7.